The summed E-state index contributed by atoms with van der Waals surface area (Å²) in [6.45, 7) is 0.160. The first-order valence-electron chi connectivity index (χ1n) is 8.57. The van der Waals surface area contributed by atoms with Crippen molar-refractivity contribution in [2.24, 2.45) is 0 Å². The smallest absolute Gasteiger partial charge is 0.420 e. The van der Waals surface area contributed by atoms with Gasteiger partial charge in [0.1, 0.15) is 12.4 Å². The number of Topliss-reactive ketones (excluding diaryl/α,β-unsaturated/α-hetero) is 1. The number of rotatable bonds is 10. The number of carbonyl (C=O) groups is 1. The molecule has 1 unspecified atom stereocenters. The Bertz CT molecular complexity index is 841. The highest BCUT2D eigenvalue weighted by Crippen LogP contribution is 2.36. The van der Waals surface area contributed by atoms with E-state index in [0.29, 0.717) is 6.61 Å². The van der Waals surface area contributed by atoms with Crippen LogP contribution in [0.5, 0.6) is 11.5 Å². The van der Waals surface area contributed by atoms with Crippen LogP contribution in [0.4, 0.5) is 13.2 Å². The highest BCUT2D eigenvalue weighted by Gasteiger charge is 2.41. The van der Waals surface area contributed by atoms with Crippen molar-refractivity contribution in [2.75, 3.05) is 20.3 Å². The number of aliphatic hydroxyl groups excluding tert-OH is 1. The molecule has 0 fully saturated rings. The zero-order chi connectivity index (χ0) is 22.3. The van der Waals surface area contributed by atoms with Crippen molar-refractivity contribution >= 4 is 40.0 Å². The summed E-state index contributed by atoms with van der Waals surface area (Å²) in [6, 6.07) is 8.30. The quantitative estimate of drug-likeness (QED) is 0.263. The number of methoxy groups -OCH3 is 1. The summed E-state index contributed by atoms with van der Waals surface area (Å²) in [5.74, 6) is 0.425. The summed E-state index contributed by atoms with van der Waals surface area (Å²) in [5.41, 5.74) is 0.274. The summed E-state index contributed by atoms with van der Waals surface area (Å²) in [7, 11) is 1.57. The first-order valence-corrected chi connectivity index (χ1v) is 10.0. The molecule has 0 aliphatic carbocycles. The zero-order valence-corrected chi connectivity index (χ0v) is 18.6. The third kappa shape index (κ3) is 7.25. The zero-order valence-electron chi connectivity index (χ0n) is 15.7. The van der Waals surface area contributed by atoms with Gasteiger partial charge in [0.05, 0.1) is 29.6 Å². The fourth-order valence-electron chi connectivity index (χ4n) is 2.25. The lowest BCUT2D eigenvalue weighted by atomic mass is 10.2. The van der Waals surface area contributed by atoms with Crippen LogP contribution in [-0.2, 0) is 16.1 Å². The predicted molar refractivity (Wildman–Crippen MR) is 111 cm³/mol. The van der Waals surface area contributed by atoms with Crippen molar-refractivity contribution in [3.05, 3.63) is 50.3 Å². The van der Waals surface area contributed by atoms with Crippen LogP contribution in [0.15, 0.2) is 30.3 Å². The van der Waals surface area contributed by atoms with Crippen LogP contribution in [0.2, 0.25) is 5.15 Å². The lowest BCUT2D eigenvalue weighted by Crippen LogP contribution is -2.22. The molecule has 1 heterocycles. The molecule has 0 aliphatic rings. The molecule has 0 spiro atoms. The number of nitrogens with zero attached hydrogens (tertiary/aromatic N) is 1. The number of pyridine rings is 1. The van der Waals surface area contributed by atoms with Crippen LogP contribution in [0.3, 0.4) is 0 Å². The van der Waals surface area contributed by atoms with Gasteiger partial charge in [0.15, 0.2) is 22.8 Å². The Morgan fingerprint density at radius 3 is 2.53 bits per heavy atom. The molecule has 1 aromatic heterocycles. The third-order valence-corrected chi connectivity index (χ3v) is 4.88. The summed E-state index contributed by atoms with van der Waals surface area (Å²) < 4.78 is 53.8. The Kier molecular flexibility index (Phi) is 9.13. The molecule has 2 aromatic rings. The lowest BCUT2D eigenvalue weighted by Gasteiger charge is -2.16. The van der Waals surface area contributed by atoms with Gasteiger partial charge in [0, 0.05) is 6.42 Å². The number of carbonyl (C=O) groups excluding carboxylic acids is 1. The molecule has 2 rings (SSSR count). The molecule has 0 saturated heterocycles. The number of ketones is 1. The number of alkyl halides is 3. The van der Waals surface area contributed by atoms with E-state index in [-0.39, 0.29) is 39.9 Å². The molecular weight excluding hydrogens is 542 g/mol. The Morgan fingerprint density at radius 1 is 1.30 bits per heavy atom. The Balaban J connectivity index is 1.81. The van der Waals surface area contributed by atoms with E-state index < -0.39 is 18.0 Å². The molecule has 6 nitrogen and oxygen atoms in total. The van der Waals surface area contributed by atoms with Crippen molar-refractivity contribution in [2.45, 2.75) is 25.3 Å². The van der Waals surface area contributed by atoms with Gasteiger partial charge in [-0.1, -0.05) is 23.7 Å². The Hall–Kier alpha value is -1.63. The highest BCUT2D eigenvalue weighted by atomic mass is 127. The number of ether oxygens (including phenoxy) is 3. The van der Waals surface area contributed by atoms with E-state index >= 15 is 0 Å². The molecule has 164 valence electrons. The van der Waals surface area contributed by atoms with Gasteiger partial charge >= 0.3 is 6.18 Å². The topological polar surface area (TPSA) is 77.9 Å². The second kappa shape index (κ2) is 11.1. The largest absolute Gasteiger partial charge is 0.497 e. The number of hydrogen-bond donors (Lipinski definition) is 1. The summed E-state index contributed by atoms with van der Waals surface area (Å²) in [4.78, 5) is 15.5. The van der Waals surface area contributed by atoms with Crippen LogP contribution in [0.25, 0.3) is 0 Å². The van der Waals surface area contributed by atoms with Gasteiger partial charge in [-0.15, -0.1) is 0 Å². The molecule has 0 radical (unpaired) electrons. The van der Waals surface area contributed by atoms with Gasteiger partial charge in [0.25, 0.3) is 0 Å². The first kappa shape index (κ1) is 24.6. The summed E-state index contributed by atoms with van der Waals surface area (Å²) in [5, 5.41) is 8.91. The van der Waals surface area contributed by atoms with Gasteiger partial charge < -0.3 is 19.3 Å². The van der Waals surface area contributed by atoms with E-state index in [1.807, 2.05) is 12.1 Å². The molecule has 11 heteroatoms. The SMILES string of the molecule is COc1ccc(COCCC(=O)COc2c(I)cc(C(O)C(F)(F)F)nc2Cl)cc1. The second-order valence-electron chi connectivity index (χ2n) is 6.07. The van der Waals surface area contributed by atoms with E-state index in [9.17, 15) is 23.1 Å². The minimum Gasteiger partial charge on any atom is -0.497 e. The normalized spacial score (nSPS) is 12.5. The second-order valence-corrected chi connectivity index (χ2v) is 7.59. The van der Waals surface area contributed by atoms with Crippen molar-refractivity contribution in [1.82, 2.24) is 4.98 Å². The molecule has 1 aromatic carbocycles. The minimum absolute atomic E-state index is 0.0251. The van der Waals surface area contributed by atoms with Gasteiger partial charge in [0.2, 0.25) is 0 Å². The fraction of sp³-hybridized carbons (Fsp3) is 0.368. The van der Waals surface area contributed by atoms with Crippen molar-refractivity contribution in [3.8, 4) is 11.5 Å². The van der Waals surface area contributed by atoms with Crippen molar-refractivity contribution < 1.29 is 37.3 Å². The molecule has 0 amide bonds. The standard InChI is InChI=1S/C19H18ClF3INO5/c1-28-13-4-2-11(3-5-13)9-29-7-6-12(26)10-30-16-14(24)8-15(25-18(16)20)17(27)19(21,22)23/h2-5,8,17,27H,6-7,9-10H2,1H3. The number of aromatic nitrogens is 1. The maximum Gasteiger partial charge on any atom is 0.420 e. The average Bonchev–Trinajstić information content (AvgIpc) is 2.69. The maximum atomic E-state index is 12.6. The van der Waals surface area contributed by atoms with Gasteiger partial charge in [-0.25, -0.2) is 4.98 Å². The molecule has 0 aliphatic heterocycles. The number of hydrogen-bond acceptors (Lipinski definition) is 6. The molecule has 1 atom stereocenters. The van der Waals surface area contributed by atoms with E-state index in [4.69, 9.17) is 25.8 Å². The summed E-state index contributed by atoms with van der Waals surface area (Å²) >= 11 is 7.56. The van der Waals surface area contributed by atoms with E-state index in [1.165, 1.54) is 0 Å². The summed E-state index contributed by atoms with van der Waals surface area (Å²) in [6.07, 6.45) is -7.55. The van der Waals surface area contributed by atoms with Gasteiger partial charge in [-0.05, 0) is 46.4 Å². The maximum absolute atomic E-state index is 12.6. The van der Waals surface area contributed by atoms with Crippen LogP contribution in [0, 0.1) is 3.57 Å². The van der Waals surface area contributed by atoms with Crippen LogP contribution in [0.1, 0.15) is 23.8 Å². The highest BCUT2D eigenvalue weighted by molar-refractivity contribution is 14.1. The van der Waals surface area contributed by atoms with E-state index in [0.717, 1.165) is 17.4 Å². The fourth-order valence-corrected chi connectivity index (χ4v) is 3.39. The Morgan fingerprint density at radius 2 is 1.97 bits per heavy atom. The van der Waals surface area contributed by atoms with Crippen LogP contribution < -0.4 is 9.47 Å². The predicted octanol–water partition coefficient (Wildman–Crippen LogP) is 4.50. The van der Waals surface area contributed by atoms with Gasteiger partial charge in [-0.3, -0.25) is 4.79 Å². The molecule has 0 bridgehead atoms. The monoisotopic (exact) mass is 559 g/mol. The molecule has 0 saturated carbocycles. The van der Waals surface area contributed by atoms with E-state index in [1.54, 1.807) is 41.8 Å². The first-order chi connectivity index (χ1) is 14.1. The lowest BCUT2D eigenvalue weighted by molar-refractivity contribution is -0.208. The van der Waals surface area contributed by atoms with E-state index in [2.05, 4.69) is 4.98 Å². The molecular formula is C19H18ClF3INO5. The number of aliphatic hydroxyl groups is 1. The third-order valence-electron chi connectivity index (χ3n) is 3.83. The van der Waals surface area contributed by atoms with Gasteiger partial charge in [-0.2, -0.15) is 13.2 Å². The molecule has 1 N–H and O–H groups in total. The van der Waals surface area contributed by atoms with Crippen molar-refractivity contribution in [3.63, 3.8) is 0 Å². The van der Waals surface area contributed by atoms with Crippen molar-refractivity contribution in [1.29, 1.82) is 0 Å². The average molecular weight is 560 g/mol. The number of benzene rings is 1. The Labute approximate surface area is 189 Å². The van der Waals surface area contributed by atoms with Crippen LogP contribution >= 0.6 is 34.2 Å². The minimum atomic E-state index is -4.87. The van der Waals surface area contributed by atoms with Crippen LogP contribution in [-0.4, -0.2) is 42.4 Å². The molecule has 30 heavy (non-hydrogen) atoms. The number of halogens is 5.